The van der Waals surface area contributed by atoms with E-state index in [-0.39, 0.29) is 11.9 Å². The summed E-state index contributed by atoms with van der Waals surface area (Å²) in [4.78, 5) is 4.08. The van der Waals surface area contributed by atoms with Crippen molar-refractivity contribution in [3.63, 3.8) is 0 Å². The molecule has 0 saturated heterocycles. The molecule has 3 N–H and O–H groups in total. The van der Waals surface area contributed by atoms with Crippen molar-refractivity contribution in [2.75, 3.05) is 11.1 Å². The molecule has 0 aliphatic rings. The molecule has 0 spiro atoms. The van der Waals surface area contributed by atoms with Crippen molar-refractivity contribution in [3.05, 3.63) is 52.9 Å². The molecular weight excluding hydrogens is 253 g/mol. The van der Waals surface area contributed by atoms with Gasteiger partial charge in [-0.05, 0) is 19.1 Å². The molecule has 0 radical (unpaired) electrons. The zero-order valence-electron chi connectivity index (χ0n) is 9.82. The summed E-state index contributed by atoms with van der Waals surface area (Å²) in [7, 11) is 0. The predicted octanol–water partition coefficient (Wildman–Crippen LogP) is 3.63. The topological polar surface area (TPSA) is 50.9 Å². The Kier molecular flexibility index (Phi) is 3.67. The average molecular weight is 266 g/mol. The molecule has 18 heavy (non-hydrogen) atoms. The monoisotopic (exact) mass is 265 g/mol. The molecule has 5 heteroatoms. The lowest BCUT2D eigenvalue weighted by atomic mass is 10.1. The van der Waals surface area contributed by atoms with Crippen LogP contribution >= 0.6 is 11.6 Å². The van der Waals surface area contributed by atoms with Crippen LogP contribution in [0.4, 0.5) is 15.9 Å². The normalized spacial score (nSPS) is 12.2. The van der Waals surface area contributed by atoms with Crippen molar-refractivity contribution < 1.29 is 4.39 Å². The molecule has 0 aliphatic carbocycles. The van der Waals surface area contributed by atoms with Crippen LogP contribution in [-0.4, -0.2) is 4.98 Å². The first-order chi connectivity index (χ1) is 8.58. The van der Waals surface area contributed by atoms with Crippen LogP contribution in [-0.2, 0) is 0 Å². The zero-order chi connectivity index (χ0) is 13.1. The number of hydrogen-bond acceptors (Lipinski definition) is 3. The van der Waals surface area contributed by atoms with E-state index >= 15 is 0 Å². The quantitative estimate of drug-likeness (QED) is 0.891. The second-order valence-electron chi connectivity index (χ2n) is 3.98. The van der Waals surface area contributed by atoms with Gasteiger partial charge in [0.05, 0.1) is 16.8 Å². The maximum Gasteiger partial charge on any atom is 0.149 e. The number of nitrogens with zero attached hydrogens (tertiary/aromatic N) is 1. The summed E-state index contributed by atoms with van der Waals surface area (Å²) in [6.45, 7) is 1.84. The summed E-state index contributed by atoms with van der Waals surface area (Å²) in [5.41, 5.74) is 6.78. The Morgan fingerprint density at radius 2 is 2.11 bits per heavy atom. The molecule has 2 aromatic rings. The van der Waals surface area contributed by atoms with Crippen LogP contribution in [0.3, 0.4) is 0 Å². The summed E-state index contributed by atoms with van der Waals surface area (Å²) in [6.07, 6.45) is 1.49. The van der Waals surface area contributed by atoms with E-state index in [2.05, 4.69) is 10.3 Å². The number of nitrogens with one attached hydrogen (secondary N) is 1. The second kappa shape index (κ2) is 5.23. The molecule has 0 fully saturated rings. The van der Waals surface area contributed by atoms with Crippen molar-refractivity contribution in [2.24, 2.45) is 0 Å². The molecule has 2 rings (SSSR count). The smallest absolute Gasteiger partial charge is 0.149 e. The van der Waals surface area contributed by atoms with E-state index in [1.54, 1.807) is 24.3 Å². The van der Waals surface area contributed by atoms with E-state index < -0.39 is 0 Å². The Morgan fingerprint density at radius 1 is 1.39 bits per heavy atom. The van der Waals surface area contributed by atoms with Gasteiger partial charge in [0.15, 0.2) is 0 Å². The van der Waals surface area contributed by atoms with Crippen LogP contribution in [0.15, 0.2) is 36.5 Å². The molecule has 94 valence electrons. The van der Waals surface area contributed by atoms with Crippen molar-refractivity contribution in [3.8, 4) is 0 Å². The van der Waals surface area contributed by atoms with Gasteiger partial charge in [0, 0.05) is 11.8 Å². The van der Waals surface area contributed by atoms with E-state index in [1.165, 1.54) is 12.3 Å². The number of nitrogens with two attached hydrogens (primary N) is 1. The highest BCUT2D eigenvalue weighted by Crippen LogP contribution is 2.25. The summed E-state index contributed by atoms with van der Waals surface area (Å²) in [6, 6.07) is 7.95. The van der Waals surface area contributed by atoms with Gasteiger partial charge in [-0.25, -0.2) is 9.37 Å². The number of pyridine rings is 1. The number of rotatable bonds is 3. The molecule has 0 amide bonds. The van der Waals surface area contributed by atoms with Crippen molar-refractivity contribution in [2.45, 2.75) is 13.0 Å². The lowest BCUT2D eigenvalue weighted by Crippen LogP contribution is -2.11. The Balaban J connectivity index is 2.21. The Hall–Kier alpha value is -1.81. The third-order valence-corrected chi connectivity index (χ3v) is 2.82. The van der Waals surface area contributed by atoms with Crippen LogP contribution in [0.1, 0.15) is 18.5 Å². The van der Waals surface area contributed by atoms with E-state index in [1.807, 2.05) is 6.92 Å². The largest absolute Gasteiger partial charge is 0.396 e. The first-order valence-electron chi connectivity index (χ1n) is 5.50. The molecule has 0 saturated carbocycles. The summed E-state index contributed by atoms with van der Waals surface area (Å²) in [5.74, 6) is 0.236. The predicted molar refractivity (Wildman–Crippen MR) is 72.1 cm³/mol. The van der Waals surface area contributed by atoms with E-state index in [4.69, 9.17) is 17.3 Å². The number of nitrogen functional groups attached to an aromatic ring is 1. The maximum absolute atomic E-state index is 13.6. The van der Waals surface area contributed by atoms with E-state index in [0.717, 1.165) is 0 Å². The fraction of sp³-hybridized carbons (Fsp3) is 0.154. The third-order valence-electron chi connectivity index (χ3n) is 2.61. The van der Waals surface area contributed by atoms with Gasteiger partial charge < -0.3 is 11.1 Å². The SMILES string of the molecule is CC(Nc1ncc(Cl)cc1N)c1ccccc1F. The Bertz CT molecular complexity index is 560. The molecule has 0 aliphatic heterocycles. The van der Waals surface area contributed by atoms with Crippen molar-refractivity contribution in [1.29, 1.82) is 0 Å². The number of halogens is 2. The average Bonchev–Trinajstić information content (AvgIpc) is 2.33. The third kappa shape index (κ3) is 2.71. The van der Waals surface area contributed by atoms with E-state index in [9.17, 15) is 4.39 Å². The summed E-state index contributed by atoms with van der Waals surface area (Å²) >= 11 is 5.77. The minimum Gasteiger partial charge on any atom is -0.396 e. The van der Waals surface area contributed by atoms with Gasteiger partial charge in [-0.3, -0.25) is 0 Å². The number of hydrogen-bond donors (Lipinski definition) is 2. The molecule has 3 nitrogen and oxygen atoms in total. The maximum atomic E-state index is 13.6. The highest BCUT2D eigenvalue weighted by atomic mass is 35.5. The van der Waals surface area contributed by atoms with Gasteiger partial charge in [0.25, 0.3) is 0 Å². The van der Waals surface area contributed by atoms with Gasteiger partial charge in [-0.2, -0.15) is 0 Å². The fourth-order valence-corrected chi connectivity index (χ4v) is 1.85. The molecule has 0 bridgehead atoms. The van der Waals surface area contributed by atoms with Gasteiger partial charge in [-0.15, -0.1) is 0 Å². The van der Waals surface area contributed by atoms with Crippen molar-refractivity contribution in [1.82, 2.24) is 4.98 Å². The van der Waals surface area contributed by atoms with Crippen LogP contribution in [0, 0.1) is 5.82 Å². The first-order valence-corrected chi connectivity index (χ1v) is 5.87. The molecule has 1 aromatic carbocycles. The first kappa shape index (κ1) is 12.6. The van der Waals surface area contributed by atoms with Crippen LogP contribution in [0.2, 0.25) is 5.02 Å². The molecule has 1 unspecified atom stereocenters. The second-order valence-corrected chi connectivity index (χ2v) is 4.42. The number of benzene rings is 1. The van der Waals surface area contributed by atoms with Gasteiger partial charge in [0.2, 0.25) is 0 Å². The lowest BCUT2D eigenvalue weighted by Gasteiger charge is -2.16. The molecule has 1 aromatic heterocycles. The number of aromatic nitrogens is 1. The zero-order valence-corrected chi connectivity index (χ0v) is 10.6. The minimum absolute atomic E-state index is 0.234. The lowest BCUT2D eigenvalue weighted by molar-refractivity contribution is 0.600. The summed E-state index contributed by atoms with van der Waals surface area (Å²) < 4.78 is 13.6. The van der Waals surface area contributed by atoms with Gasteiger partial charge in [-0.1, -0.05) is 29.8 Å². The highest BCUT2D eigenvalue weighted by molar-refractivity contribution is 6.30. The minimum atomic E-state index is -0.259. The summed E-state index contributed by atoms with van der Waals surface area (Å²) in [5, 5.41) is 3.53. The Labute approximate surface area is 110 Å². The van der Waals surface area contributed by atoms with Crippen molar-refractivity contribution >= 4 is 23.1 Å². The highest BCUT2D eigenvalue weighted by Gasteiger charge is 2.12. The van der Waals surface area contributed by atoms with Crippen LogP contribution < -0.4 is 11.1 Å². The molecular formula is C13H13ClFN3. The van der Waals surface area contributed by atoms with Crippen LogP contribution in [0.5, 0.6) is 0 Å². The van der Waals surface area contributed by atoms with Gasteiger partial charge >= 0.3 is 0 Å². The van der Waals surface area contributed by atoms with E-state index in [0.29, 0.717) is 22.1 Å². The molecule has 1 heterocycles. The Morgan fingerprint density at radius 3 is 2.78 bits per heavy atom. The standard InChI is InChI=1S/C13H13ClFN3/c1-8(10-4-2-3-5-11(10)15)18-13-12(16)6-9(14)7-17-13/h2-8H,16H2,1H3,(H,17,18). The van der Waals surface area contributed by atoms with Crippen LogP contribution in [0.25, 0.3) is 0 Å². The fourth-order valence-electron chi connectivity index (χ4n) is 1.68. The number of anilines is 2. The van der Waals surface area contributed by atoms with Gasteiger partial charge in [0.1, 0.15) is 11.6 Å². The molecule has 1 atom stereocenters.